The van der Waals surface area contributed by atoms with E-state index in [-0.39, 0.29) is 21.1 Å². The Hall–Kier alpha value is 0.539. The maximum atomic E-state index is 2.35. The van der Waals surface area contributed by atoms with Crippen molar-refractivity contribution in [2.75, 3.05) is 0 Å². The Morgan fingerprint density at radius 3 is 2.50 bits per heavy atom. The summed E-state index contributed by atoms with van der Waals surface area (Å²) in [5, 5.41) is 0. The molecule has 0 saturated heterocycles. The molecular formula is C5H10Sn. The first-order valence-electron chi connectivity index (χ1n) is 2.24. The van der Waals surface area contributed by atoms with Crippen LogP contribution in [0, 0.1) is 0 Å². The van der Waals surface area contributed by atoms with Crippen LogP contribution in [0.1, 0.15) is 13.3 Å². The summed E-state index contributed by atoms with van der Waals surface area (Å²) in [4.78, 5) is 2.32. The molecule has 0 saturated carbocycles. The summed E-state index contributed by atoms with van der Waals surface area (Å²) in [5.41, 5.74) is 0. The number of hydrogen-bond acceptors (Lipinski definition) is 0. The fraction of sp³-hybridized carbons (Fsp3) is 0.600. The zero-order chi connectivity index (χ0) is 4.83. The summed E-state index contributed by atoms with van der Waals surface area (Å²) in [6.45, 7) is 2.17. The van der Waals surface area contributed by atoms with Crippen LogP contribution in [0.2, 0.25) is 4.94 Å². The third-order valence-electron chi connectivity index (χ3n) is 0.520. The van der Waals surface area contributed by atoms with Gasteiger partial charge in [-0.2, -0.15) is 0 Å². The zero-order valence-electron chi connectivity index (χ0n) is 4.36. The topological polar surface area (TPSA) is 0 Å². The fourth-order valence-electron chi connectivity index (χ4n) is 0.236. The van der Waals surface area contributed by atoms with Gasteiger partial charge in [0.1, 0.15) is 0 Å². The summed E-state index contributed by atoms with van der Waals surface area (Å²) >= 11 is 0.00919. The third kappa shape index (κ3) is 4.54. The van der Waals surface area contributed by atoms with E-state index in [0.717, 1.165) is 0 Å². The maximum absolute atomic E-state index is 2.35. The van der Waals surface area contributed by atoms with Gasteiger partial charge in [0.05, 0.1) is 0 Å². The van der Waals surface area contributed by atoms with Crippen molar-refractivity contribution < 1.29 is 0 Å². The van der Waals surface area contributed by atoms with Crippen molar-refractivity contribution in [1.82, 2.24) is 0 Å². The molecule has 0 aromatic heterocycles. The molecule has 34 valence electrons. The second kappa shape index (κ2) is 5.54. The van der Waals surface area contributed by atoms with E-state index >= 15 is 0 Å². The Morgan fingerprint density at radius 2 is 2.33 bits per heavy atom. The van der Waals surface area contributed by atoms with E-state index in [4.69, 9.17) is 0 Å². The number of rotatable bonds is 2. The van der Waals surface area contributed by atoms with Crippen LogP contribution in [0.25, 0.3) is 0 Å². The normalized spacial score (nSPS) is 10.3. The molecule has 0 spiro atoms. The molecule has 1 heteroatoms. The van der Waals surface area contributed by atoms with Gasteiger partial charge >= 0.3 is 49.6 Å². The van der Waals surface area contributed by atoms with Gasteiger partial charge in [0.25, 0.3) is 0 Å². The van der Waals surface area contributed by atoms with Crippen LogP contribution in [-0.2, 0) is 0 Å². The van der Waals surface area contributed by atoms with E-state index in [1.807, 2.05) is 0 Å². The molecule has 0 bridgehead atoms. The molecule has 0 fully saturated rings. The Balaban J connectivity index is 2.73. The quantitative estimate of drug-likeness (QED) is 0.579. The van der Waals surface area contributed by atoms with Crippen LogP contribution >= 0.6 is 0 Å². The van der Waals surface area contributed by atoms with E-state index in [0.29, 0.717) is 0 Å². The first-order valence-corrected chi connectivity index (χ1v) is 6.74. The van der Waals surface area contributed by atoms with E-state index in [9.17, 15) is 0 Å². The molecule has 0 aliphatic carbocycles. The van der Waals surface area contributed by atoms with Crippen molar-refractivity contribution in [1.29, 1.82) is 0 Å². The van der Waals surface area contributed by atoms with Crippen LogP contribution in [0.15, 0.2) is 10.2 Å². The molecule has 2 radical (unpaired) electrons. The summed E-state index contributed by atoms with van der Waals surface area (Å²) in [6, 6.07) is 0. The molecule has 0 N–H and O–H groups in total. The molecule has 0 aromatic carbocycles. The van der Waals surface area contributed by atoms with E-state index in [1.165, 1.54) is 6.42 Å². The average Bonchev–Trinajstić information content (AvgIpc) is 1.61. The van der Waals surface area contributed by atoms with Crippen molar-refractivity contribution in [3.8, 4) is 0 Å². The fourth-order valence-corrected chi connectivity index (χ4v) is 1.58. The van der Waals surface area contributed by atoms with Crippen LogP contribution in [0.5, 0.6) is 0 Å². The summed E-state index contributed by atoms with van der Waals surface area (Å²) in [5.74, 6) is 0. The van der Waals surface area contributed by atoms with Gasteiger partial charge in [0, 0.05) is 0 Å². The van der Waals surface area contributed by atoms with Crippen molar-refractivity contribution in [2.45, 2.75) is 18.3 Å². The Morgan fingerprint density at radius 1 is 1.67 bits per heavy atom. The van der Waals surface area contributed by atoms with Crippen LogP contribution in [0.3, 0.4) is 0 Å². The minimum absolute atomic E-state index is 0.00919. The monoisotopic (exact) mass is 190 g/mol. The molecule has 0 aliphatic rings. The Kier molecular flexibility index (Phi) is 6.04. The SMILES string of the molecule is CCC=[CH][Sn][CH3]. The first kappa shape index (κ1) is 6.54. The number of hydrogen-bond donors (Lipinski definition) is 0. The summed E-state index contributed by atoms with van der Waals surface area (Å²) < 4.78 is 2.35. The van der Waals surface area contributed by atoms with E-state index in [1.54, 1.807) is 0 Å². The van der Waals surface area contributed by atoms with Gasteiger partial charge in [-0.1, -0.05) is 0 Å². The molecule has 0 aromatic rings. The Bertz CT molecular complexity index is 33.2. The van der Waals surface area contributed by atoms with Crippen molar-refractivity contribution in [3.63, 3.8) is 0 Å². The van der Waals surface area contributed by atoms with Gasteiger partial charge in [-0.25, -0.2) is 0 Å². The molecule has 0 heterocycles. The molecule has 0 amide bonds. The minimum atomic E-state index is 0.00919. The van der Waals surface area contributed by atoms with Crippen molar-refractivity contribution in [2.24, 2.45) is 0 Å². The molecular weight excluding hydrogens is 179 g/mol. The van der Waals surface area contributed by atoms with Gasteiger partial charge in [0.2, 0.25) is 0 Å². The third-order valence-corrected chi connectivity index (χ3v) is 2.14. The first-order chi connectivity index (χ1) is 2.91. The molecule has 6 heavy (non-hydrogen) atoms. The van der Waals surface area contributed by atoms with E-state index < -0.39 is 0 Å². The predicted octanol–water partition coefficient (Wildman–Crippen LogP) is 1.66. The zero-order valence-corrected chi connectivity index (χ0v) is 7.22. The van der Waals surface area contributed by atoms with E-state index in [2.05, 4.69) is 22.0 Å². The van der Waals surface area contributed by atoms with Gasteiger partial charge in [-0.15, -0.1) is 0 Å². The predicted molar refractivity (Wildman–Crippen MR) is 31.0 cm³/mol. The molecule has 0 unspecified atom stereocenters. The molecule has 0 atom stereocenters. The van der Waals surface area contributed by atoms with Crippen LogP contribution in [0.4, 0.5) is 0 Å². The average molecular weight is 189 g/mol. The standard InChI is InChI=1S/C4H7.CH3.Sn/c1-3-4-2;;/h1,3H,4H2,2H3;1H3;. The summed E-state index contributed by atoms with van der Waals surface area (Å²) in [6.07, 6.45) is 3.47. The Labute approximate surface area is 49.9 Å². The summed E-state index contributed by atoms with van der Waals surface area (Å²) in [7, 11) is 0. The van der Waals surface area contributed by atoms with Crippen molar-refractivity contribution in [3.05, 3.63) is 10.2 Å². The van der Waals surface area contributed by atoms with Gasteiger partial charge in [0.15, 0.2) is 0 Å². The van der Waals surface area contributed by atoms with Gasteiger partial charge in [-0.3, -0.25) is 0 Å². The number of allylic oxidation sites excluding steroid dienone is 1. The molecule has 0 nitrogen and oxygen atoms in total. The second-order valence-electron chi connectivity index (χ2n) is 1.10. The van der Waals surface area contributed by atoms with Crippen LogP contribution in [-0.4, -0.2) is 21.1 Å². The van der Waals surface area contributed by atoms with Gasteiger partial charge < -0.3 is 0 Å². The van der Waals surface area contributed by atoms with Crippen molar-refractivity contribution >= 4 is 21.1 Å². The van der Waals surface area contributed by atoms with Gasteiger partial charge in [-0.05, 0) is 0 Å². The molecule has 0 aliphatic heterocycles. The molecule has 0 rings (SSSR count). The second-order valence-corrected chi connectivity index (χ2v) is 3.70. The van der Waals surface area contributed by atoms with Crippen LogP contribution < -0.4 is 0 Å².